The van der Waals surface area contributed by atoms with Crippen LogP contribution < -0.4 is 5.32 Å². The Hall–Kier alpha value is -1.33. The smallest absolute Gasteiger partial charge is 0.252 e. The van der Waals surface area contributed by atoms with Gasteiger partial charge in [0.2, 0.25) is 0 Å². The third kappa shape index (κ3) is 3.86. The van der Waals surface area contributed by atoms with E-state index in [9.17, 15) is 9.18 Å². The quantitative estimate of drug-likeness (QED) is 0.757. The molecule has 0 saturated carbocycles. The molecule has 2 rings (SSSR count). The molecule has 2 nitrogen and oxygen atoms in total. The fraction of sp³-hybridized carbons (Fsp3) is 0.188. The Morgan fingerprint density at radius 3 is 2.67 bits per heavy atom. The number of halogens is 2. The number of carbonyl (C=O) groups is 1. The molecular formula is C16H15BrFNOS. The number of benzene rings is 2. The van der Waals surface area contributed by atoms with Crippen molar-refractivity contribution in [3.63, 3.8) is 0 Å². The van der Waals surface area contributed by atoms with E-state index in [2.05, 4.69) is 33.9 Å². The Labute approximate surface area is 137 Å². The highest BCUT2D eigenvalue weighted by atomic mass is 79.9. The second kappa shape index (κ2) is 6.62. The SMILES string of the molecule is Cc1ccc(C(C)NC(=O)c2cc(S)ccc2Br)cc1F. The summed E-state index contributed by atoms with van der Waals surface area (Å²) >= 11 is 7.57. The molecule has 0 aliphatic heterocycles. The molecule has 1 unspecified atom stereocenters. The van der Waals surface area contributed by atoms with Gasteiger partial charge in [-0.25, -0.2) is 4.39 Å². The van der Waals surface area contributed by atoms with Gasteiger partial charge in [-0.1, -0.05) is 12.1 Å². The van der Waals surface area contributed by atoms with Crippen molar-refractivity contribution in [2.24, 2.45) is 0 Å². The van der Waals surface area contributed by atoms with E-state index in [4.69, 9.17) is 0 Å². The largest absolute Gasteiger partial charge is 0.345 e. The molecule has 21 heavy (non-hydrogen) atoms. The molecule has 5 heteroatoms. The van der Waals surface area contributed by atoms with E-state index in [1.165, 1.54) is 6.07 Å². The third-order valence-electron chi connectivity index (χ3n) is 3.24. The first-order valence-electron chi connectivity index (χ1n) is 6.44. The molecule has 110 valence electrons. The molecule has 1 atom stereocenters. The van der Waals surface area contributed by atoms with Crippen LogP contribution >= 0.6 is 28.6 Å². The summed E-state index contributed by atoms with van der Waals surface area (Å²) in [5.41, 5.74) is 1.81. The van der Waals surface area contributed by atoms with Gasteiger partial charge in [0.1, 0.15) is 5.82 Å². The molecule has 1 amide bonds. The van der Waals surface area contributed by atoms with Gasteiger partial charge in [-0.05, 0) is 65.2 Å². The van der Waals surface area contributed by atoms with Crippen LogP contribution in [0, 0.1) is 12.7 Å². The van der Waals surface area contributed by atoms with Gasteiger partial charge in [-0.15, -0.1) is 12.6 Å². The molecule has 0 spiro atoms. The van der Waals surface area contributed by atoms with E-state index < -0.39 is 0 Å². The minimum atomic E-state index is -0.289. The van der Waals surface area contributed by atoms with E-state index in [-0.39, 0.29) is 17.8 Å². The Morgan fingerprint density at radius 2 is 2.00 bits per heavy atom. The van der Waals surface area contributed by atoms with E-state index in [1.807, 2.05) is 13.0 Å². The second-order valence-electron chi connectivity index (χ2n) is 4.87. The monoisotopic (exact) mass is 367 g/mol. The van der Waals surface area contributed by atoms with Gasteiger partial charge in [0.05, 0.1) is 11.6 Å². The highest BCUT2D eigenvalue weighted by Crippen LogP contribution is 2.22. The van der Waals surface area contributed by atoms with Gasteiger partial charge in [-0.2, -0.15) is 0 Å². The number of hydrogen-bond donors (Lipinski definition) is 2. The molecule has 0 heterocycles. The van der Waals surface area contributed by atoms with Crippen LogP contribution in [-0.4, -0.2) is 5.91 Å². The highest BCUT2D eigenvalue weighted by Gasteiger charge is 2.15. The lowest BCUT2D eigenvalue weighted by molar-refractivity contribution is 0.0939. The normalized spacial score (nSPS) is 12.0. The van der Waals surface area contributed by atoms with Crippen LogP contribution in [0.1, 0.15) is 34.5 Å². The topological polar surface area (TPSA) is 29.1 Å². The maximum absolute atomic E-state index is 13.6. The van der Waals surface area contributed by atoms with E-state index in [0.29, 0.717) is 20.5 Å². The first-order valence-corrected chi connectivity index (χ1v) is 7.68. The zero-order valence-electron chi connectivity index (χ0n) is 11.7. The lowest BCUT2D eigenvalue weighted by Crippen LogP contribution is -2.27. The minimum Gasteiger partial charge on any atom is -0.345 e. The average molecular weight is 368 g/mol. The van der Waals surface area contributed by atoms with Crippen molar-refractivity contribution in [2.45, 2.75) is 24.8 Å². The van der Waals surface area contributed by atoms with Crippen LogP contribution in [0.4, 0.5) is 4.39 Å². The lowest BCUT2D eigenvalue weighted by Gasteiger charge is -2.16. The number of rotatable bonds is 3. The van der Waals surface area contributed by atoms with Crippen LogP contribution in [0.2, 0.25) is 0 Å². The van der Waals surface area contributed by atoms with Crippen molar-refractivity contribution in [1.82, 2.24) is 5.32 Å². The fourth-order valence-electron chi connectivity index (χ4n) is 1.92. The van der Waals surface area contributed by atoms with Crippen LogP contribution in [0.25, 0.3) is 0 Å². The van der Waals surface area contributed by atoms with Gasteiger partial charge < -0.3 is 5.32 Å². The summed E-state index contributed by atoms with van der Waals surface area (Å²) in [6.45, 7) is 3.53. The Bertz CT molecular complexity index is 690. The summed E-state index contributed by atoms with van der Waals surface area (Å²) < 4.78 is 14.3. The van der Waals surface area contributed by atoms with E-state index in [0.717, 1.165) is 5.56 Å². The van der Waals surface area contributed by atoms with Crippen molar-refractivity contribution in [1.29, 1.82) is 0 Å². The number of aryl methyl sites for hydroxylation is 1. The zero-order valence-corrected chi connectivity index (χ0v) is 14.1. The average Bonchev–Trinajstić information content (AvgIpc) is 2.44. The molecule has 0 saturated heterocycles. The Kier molecular flexibility index (Phi) is 5.06. The van der Waals surface area contributed by atoms with E-state index in [1.54, 1.807) is 31.2 Å². The van der Waals surface area contributed by atoms with Gasteiger partial charge >= 0.3 is 0 Å². The van der Waals surface area contributed by atoms with Gasteiger partial charge in [0, 0.05) is 9.37 Å². The Balaban J connectivity index is 2.18. The molecule has 2 aromatic carbocycles. The third-order valence-corrected chi connectivity index (χ3v) is 4.21. The first kappa shape index (κ1) is 16.0. The molecule has 0 bridgehead atoms. The molecule has 1 N–H and O–H groups in total. The maximum Gasteiger partial charge on any atom is 0.252 e. The van der Waals surface area contributed by atoms with Crippen molar-refractivity contribution in [3.05, 3.63) is 63.4 Å². The number of thiol groups is 1. The molecule has 0 aliphatic carbocycles. The maximum atomic E-state index is 13.6. The minimum absolute atomic E-state index is 0.230. The molecule has 2 aromatic rings. The van der Waals surface area contributed by atoms with Gasteiger partial charge in [0.25, 0.3) is 5.91 Å². The standard InChI is InChI=1S/C16H15BrFNOS/c1-9-3-4-11(7-15(9)18)10(2)19-16(20)13-8-12(21)5-6-14(13)17/h3-8,10,21H,1-2H3,(H,19,20). The van der Waals surface area contributed by atoms with Crippen molar-refractivity contribution in [2.75, 3.05) is 0 Å². The van der Waals surface area contributed by atoms with Crippen LogP contribution in [0.15, 0.2) is 45.8 Å². The highest BCUT2D eigenvalue weighted by molar-refractivity contribution is 9.10. The summed E-state index contributed by atoms with van der Waals surface area (Å²) in [6, 6.07) is 9.93. The van der Waals surface area contributed by atoms with Crippen molar-refractivity contribution < 1.29 is 9.18 Å². The summed E-state index contributed by atoms with van der Waals surface area (Å²) in [7, 11) is 0. The van der Waals surface area contributed by atoms with Crippen LogP contribution in [-0.2, 0) is 0 Å². The lowest BCUT2D eigenvalue weighted by atomic mass is 10.1. The molecule has 0 aromatic heterocycles. The zero-order chi connectivity index (χ0) is 15.6. The number of amides is 1. The first-order chi connectivity index (χ1) is 9.88. The number of nitrogens with one attached hydrogen (secondary N) is 1. The second-order valence-corrected chi connectivity index (χ2v) is 6.24. The molecular weight excluding hydrogens is 353 g/mol. The molecule has 0 fully saturated rings. The van der Waals surface area contributed by atoms with Crippen LogP contribution in [0.5, 0.6) is 0 Å². The fourth-order valence-corrected chi connectivity index (χ4v) is 2.55. The van der Waals surface area contributed by atoms with E-state index >= 15 is 0 Å². The predicted molar refractivity (Wildman–Crippen MR) is 88.4 cm³/mol. The Morgan fingerprint density at radius 1 is 1.29 bits per heavy atom. The number of carbonyl (C=O) groups excluding carboxylic acids is 1. The van der Waals surface area contributed by atoms with Crippen molar-refractivity contribution in [3.8, 4) is 0 Å². The molecule has 0 radical (unpaired) electrons. The summed E-state index contributed by atoms with van der Waals surface area (Å²) in [4.78, 5) is 13.0. The summed E-state index contributed by atoms with van der Waals surface area (Å²) in [6.07, 6.45) is 0. The number of hydrogen-bond acceptors (Lipinski definition) is 2. The summed E-state index contributed by atoms with van der Waals surface area (Å²) in [5, 5.41) is 2.86. The molecule has 0 aliphatic rings. The van der Waals surface area contributed by atoms with Crippen molar-refractivity contribution >= 4 is 34.5 Å². The van der Waals surface area contributed by atoms with Gasteiger partial charge in [-0.3, -0.25) is 4.79 Å². The van der Waals surface area contributed by atoms with Crippen LogP contribution in [0.3, 0.4) is 0 Å². The van der Waals surface area contributed by atoms with Gasteiger partial charge in [0.15, 0.2) is 0 Å². The summed E-state index contributed by atoms with van der Waals surface area (Å²) in [5.74, 6) is -0.501. The predicted octanol–water partition coefficient (Wildman–Crippen LogP) is 4.68.